The highest BCUT2D eigenvalue weighted by Gasteiger charge is 2.13. The Morgan fingerprint density at radius 2 is 2.00 bits per heavy atom. The minimum absolute atomic E-state index is 0.245. The van der Waals surface area contributed by atoms with E-state index in [0.717, 1.165) is 12.5 Å². The number of carbonyl (C=O) groups is 1. The van der Waals surface area contributed by atoms with E-state index >= 15 is 0 Å². The molecule has 1 fully saturated rings. The molecule has 1 heterocycles. The van der Waals surface area contributed by atoms with Crippen LogP contribution >= 0.6 is 0 Å². The zero-order valence-electron chi connectivity index (χ0n) is 9.00. The number of hydrogen-bond acceptors (Lipinski definition) is 3. The fourth-order valence-corrected chi connectivity index (χ4v) is 1.22. The molecule has 1 saturated heterocycles. The van der Waals surface area contributed by atoms with E-state index < -0.39 is 0 Å². The Hall–Kier alpha value is -0.570. The van der Waals surface area contributed by atoms with Crippen molar-refractivity contribution < 1.29 is 14.3 Å². The van der Waals surface area contributed by atoms with Crippen molar-refractivity contribution in [3.05, 3.63) is 0 Å². The summed E-state index contributed by atoms with van der Waals surface area (Å²) in [5.74, 6) is 0.642. The van der Waals surface area contributed by atoms with Crippen LogP contribution < -0.4 is 0 Å². The monoisotopic (exact) mass is 188 g/mol. The minimum atomic E-state index is -0.245. The molecule has 3 nitrogen and oxygen atoms in total. The first kappa shape index (κ1) is 12.4. The molecule has 0 radical (unpaired) electrons. The van der Waals surface area contributed by atoms with Gasteiger partial charge in [-0.05, 0) is 25.7 Å². The van der Waals surface area contributed by atoms with Crippen LogP contribution in [-0.4, -0.2) is 25.8 Å². The summed E-state index contributed by atoms with van der Waals surface area (Å²) in [6.45, 7) is 6.77. The molecular weight excluding hydrogens is 168 g/mol. The summed E-state index contributed by atoms with van der Waals surface area (Å²) >= 11 is 0. The summed E-state index contributed by atoms with van der Waals surface area (Å²) in [6.07, 6.45) is 3.02. The zero-order chi connectivity index (χ0) is 10.3. The summed E-state index contributed by atoms with van der Waals surface area (Å²) in [6, 6.07) is 0. The summed E-state index contributed by atoms with van der Waals surface area (Å²) < 4.78 is 9.46. The lowest BCUT2D eigenvalue weighted by atomic mass is 9.99. The van der Waals surface area contributed by atoms with Gasteiger partial charge in [-0.25, -0.2) is 0 Å². The number of rotatable bonds is 0. The molecule has 0 spiro atoms. The molecule has 2 atom stereocenters. The van der Waals surface area contributed by atoms with E-state index in [9.17, 15) is 4.79 Å². The lowest BCUT2D eigenvalue weighted by molar-refractivity contribution is -0.137. The van der Waals surface area contributed by atoms with Gasteiger partial charge in [0.05, 0.1) is 13.2 Å². The van der Waals surface area contributed by atoms with Crippen molar-refractivity contribution >= 4 is 5.97 Å². The predicted molar refractivity (Wildman–Crippen MR) is 51.5 cm³/mol. The second kappa shape index (κ2) is 6.89. The van der Waals surface area contributed by atoms with Gasteiger partial charge in [0.2, 0.25) is 0 Å². The molecular formula is C10H20O3. The Kier molecular flexibility index (Phi) is 6.59. The smallest absolute Gasteiger partial charge is 0.302 e. The van der Waals surface area contributed by atoms with Gasteiger partial charge in [-0.1, -0.05) is 6.92 Å². The fraction of sp³-hybridized carbons (Fsp3) is 0.900. The maximum atomic E-state index is 9.59. The Bertz CT molecular complexity index is 137. The first-order valence-electron chi connectivity index (χ1n) is 4.72. The zero-order valence-corrected chi connectivity index (χ0v) is 9.00. The normalized spacial score (nSPS) is 27.1. The second-order valence-electron chi connectivity index (χ2n) is 3.51. The predicted octanol–water partition coefficient (Wildman–Crippen LogP) is 2.00. The molecule has 0 aliphatic carbocycles. The summed E-state index contributed by atoms with van der Waals surface area (Å²) in [7, 11) is 1.35. The first-order chi connectivity index (χ1) is 6.06. The standard InChI is InChI=1S/C7H14O.C3H6O2/c1-6-3-4-8-7(2)5-6;1-3(4)5-2/h6-7H,3-5H2,1-2H3;1-2H3. The topological polar surface area (TPSA) is 35.5 Å². The number of carbonyl (C=O) groups excluding carboxylic acids is 1. The van der Waals surface area contributed by atoms with Crippen molar-refractivity contribution in [2.45, 2.75) is 39.7 Å². The highest BCUT2D eigenvalue weighted by molar-refractivity contribution is 5.65. The molecule has 1 aliphatic rings. The fourth-order valence-electron chi connectivity index (χ4n) is 1.22. The van der Waals surface area contributed by atoms with E-state index in [4.69, 9.17) is 4.74 Å². The second-order valence-corrected chi connectivity index (χ2v) is 3.51. The molecule has 2 unspecified atom stereocenters. The highest BCUT2D eigenvalue weighted by Crippen LogP contribution is 2.18. The summed E-state index contributed by atoms with van der Waals surface area (Å²) in [4.78, 5) is 9.59. The number of ether oxygens (including phenoxy) is 2. The van der Waals surface area contributed by atoms with Gasteiger partial charge in [0.15, 0.2) is 0 Å². The van der Waals surface area contributed by atoms with Crippen LogP contribution in [-0.2, 0) is 14.3 Å². The third-order valence-electron chi connectivity index (χ3n) is 2.03. The van der Waals surface area contributed by atoms with Crippen LogP contribution in [0.4, 0.5) is 0 Å². The average molecular weight is 188 g/mol. The summed E-state index contributed by atoms with van der Waals surface area (Å²) in [5.41, 5.74) is 0. The molecule has 0 aromatic rings. The van der Waals surface area contributed by atoms with Crippen LogP contribution in [0, 0.1) is 5.92 Å². The van der Waals surface area contributed by atoms with Crippen molar-refractivity contribution in [3.8, 4) is 0 Å². The Labute approximate surface area is 80.4 Å². The lowest BCUT2D eigenvalue weighted by Crippen LogP contribution is -2.20. The molecule has 0 saturated carbocycles. The van der Waals surface area contributed by atoms with Gasteiger partial charge in [0, 0.05) is 13.5 Å². The average Bonchev–Trinajstić information content (AvgIpc) is 2.05. The van der Waals surface area contributed by atoms with E-state index in [-0.39, 0.29) is 5.97 Å². The lowest BCUT2D eigenvalue weighted by Gasteiger charge is -2.23. The van der Waals surface area contributed by atoms with Gasteiger partial charge < -0.3 is 9.47 Å². The Morgan fingerprint density at radius 3 is 2.23 bits per heavy atom. The van der Waals surface area contributed by atoms with E-state index in [2.05, 4.69) is 18.6 Å². The third-order valence-corrected chi connectivity index (χ3v) is 2.03. The van der Waals surface area contributed by atoms with E-state index in [1.165, 1.54) is 26.9 Å². The van der Waals surface area contributed by atoms with Crippen molar-refractivity contribution in [2.24, 2.45) is 5.92 Å². The quantitative estimate of drug-likeness (QED) is 0.545. The first-order valence-corrected chi connectivity index (χ1v) is 4.72. The molecule has 0 bridgehead atoms. The summed E-state index contributed by atoms with van der Waals surface area (Å²) in [5, 5.41) is 0. The Balaban J connectivity index is 0.000000252. The highest BCUT2D eigenvalue weighted by atomic mass is 16.5. The van der Waals surface area contributed by atoms with Gasteiger partial charge in [0.25, 0.3) is 0 Å². The molecule has 0 aromatic heterocycles. The molecule has 1 rings (SSSR count). The molecule has 1 aliphatic heterocycles. The number of hydrogen-bond donors (Lipinski definition) is 0. The van der Waals surface area contributed by atoms with Crippen molar-refractivity contribution in [2.75, 3.05) is 13.7 Å². The van der Waals surface area contributed by atoms with Crippen LogP contribution in [0.5, 0.6) is 0 Å². The van der Waals surface area contributed by atoms with E-state index in [1.54, 1.807) is 0 Å². The molecule has 78 valence electrons. The largest absolute Gasteiger partial charge is 0.469 e. The van der Waals surface area contributed by atoms with Gasteiger partial charge in [-0.3, -0.25) is 4.79 Å². The van der Waals surface area contributed by atoms with Crippen molar-refractivity contribution in [1.29, 1.82) is 0 Å². The Morgan fingerprint density at radius 1 is 1.46 bits per heavy atom. The van der Waals surface area contributed by atoms with E-state index in [0.29, 0.717) is 6.10 Å². The number of esters is 1. The van der Waals surface area contributed by atoms with Crippen molar-refractivity contribution in [1.82, 2.24) is 0 Å². The minimum Gasteiger partial charge on any atom is -0.469 e. The van der Waals surface area contributed by atoms with Crippen LogP contribution in [0.3, 0.4) is 0 Å². The molecule has 13 heavy (non-hydrogen) atoms. The maximum Gasteiger partial charge on any atom is 0.302 e. The number of methoxy groups -OCH3 is 1. The molecule has 0 N–H and O–H groups in total. The van der Waals surface area contributed by atoms with E-state index in [1.807, 2.05) is 0 Å². The third kappa shape index (κ3) is 7.78. The van der Waals surface area contributed by atoms with Gasteiger partial charge in [-0.2, -0.15) is 0 Å². The SMILES string of the molecule is CC1CCOC(C)C1.COC(C)=O. The van der Waals surface area contributed by atoms with Gasteiger partial charge in [0.1, 0.15) is 0 Å². The van der Waals surface area contributed by atoms with Gasteiger partial charge >= 0.3 is 5.97 Å². The van der Waals surface area contributed by atoms with Crippen LogP contribution in [0.1, 0.15) is 33.6 Å². The van der Waals surface area contributed by atoms with Crippen LogP contribution in [0.15, 0.2) is 0 Å². The maximum absolute atomic E-state index is 9.59. The van der Waals surface area contributed by atoms with Crippen LogP contribution in [0.2, 0.25) is 0 Å². The molecule has 3 heteroatoms. The van der Waals surface area contributed by atoms with Crippen molar-refractivity contribution in [3.63, 3.8) is 0 Å². The molecule has 0 amide bonds. The van der Waals surface area contributed by atoms with Gasteiger partial charge in [-0.15, -0.1) is 0 Å². The molecule has 0 aromatic carbocycles. The van der Waals surface area contributed by atoms with Crippen LogP contribution in [0.25, 0.3) is 0 Å².